The minimum absolute atomic E-state index is 0.188. The molecule has 2 aromatic carbocycles. The number of anilines is 2. The summed E-state index contributed by atoms with van der Waals surface area (Å²) in [5.41, 5.74) is 8.77. The number of nitrogens with one attached hydrogen (secondary N) is 1. The topological polar surface area (TPSA) is 103 Å². The number of hydrogen-bond acceptors (Lipinski definition) is 5. The van der Waals surface area contributed by atoms with Crippen molar-refractivity contribution in [1.82, 2.24) is 14.5 Å². The summed E-state index contributed by atoms with van der Waals surface area (Å²) >= 11 is 6.46. The number of halogens is 2. The van der Waals surface area contributed by atoms with Gasteiger partial charge in [0.25, 0.3) is 10.0 Å². The van der Waals surface area contributed by atoms with Crippen molar-refractivity contribution < 1.29 is 12.8 Å². The minimum atomic E-state index is -4.00. The van der Waals surface area contributed by atoms with Crippen LogP contribution in [-0.4, -0.2) is 23.0 Å². The molecule has 33 heavy (non-hydrogen) atoms. The number of rotatable bonds is 5. The Morgan fingerprint density at radius 1 is 1.12 bits per heavy atom. The average molecular weight is 486 g/mol. The van der Waals surface area contributed by atoms with E-state index < -0.39 is 15.8 Å². The van der Waals surface area contributed by atoms with E-state index in [1.807, 2.05) is 6.20 Å². The minimum Gasteiger partial charge on any atom is -0.383 e. The van der Waals surface area contributed by atoms with Gasteiger partial charge in [0.1, 0.15) is 23.6 Å². The Bertz CT molecular complexity index is 1470. The molecule has 4 aromatic rings. The molecular weight excluding hydrogens is 465 g/mol. The molecule has 1 fully saturated rings. The highest BCUT2D eigenvalue weighted by Crippen LogP contribution is 2.40. The van der Waals surface area contributed by atoms with E-state index in [2.05, 4.69) is 19.3 Å². The first kappa shape index (κ1) is 21.7. The van der Waals surface area contributed by atoms with Crippen LogP contribution in [0.3, 0.4) is 0 Å². The van der Waals surface area contributed by atoms with E-state index in [4.69, 9.17) is 17.3 Å². The molecule has 0 bridgehead atoms. The van der Waals surface area contributed by atoms with Crippen LogP contribution in [0.4, 0.5) is 15.9 Å². The number of nitrogens with two attached hydrogens (primary N) is 1. The lowest BCUT2D eigenvalue weighted by Crippen LogP contribution is -2.13. The zero-order chi connectivity index (χ0) is 23.2. The van der Waals surface area contributed by atoms with Gasteiger partial charge in [0.2, 0.25) is 0 Å². The quantitative estimate of drug-likeness (QED) is 0.394. The van der Waals surface area contributed by atoms with Crippen LogP contribution in [0.5, 0.6) is 0 Å². The second-order valence-electron chi connectivity index (χ2n) is 8.10. The molecule has 2 aromatic heterocycles. The van der Waals surface area contributed by atoms with Crippen molar-refractivity contribution in [2.24, 2.45) is 0 Å². The van der Waals surface area contributed by atoms with E-state index in [-0.39, 0.29) is 15.6 Å². The summed E-state index contributed by atoms with van der Waals surface area (Å²) in [5.74, 6) is -0.267. The summed E-state index contributed by atoms with van der Waals surface area (Å²) in [5, 5.41) is 0.943. The summed E-state index contributed by atoms with van der Waals surface area (Å²) in [4.78, 5) is 8.45. The van der Waals surface area contributed by atoms with Crippen LogP contribution in [0.1, 0.15) is 31.7 Å². The van der Waals surface area contributed by atoms with Gasteiger partial charge in [-0.3, -0.25) is 4.72 Å². The van der Waals surface area contributed by atoms with Crippen molar-refractivity contribution >= 4 is 44.2 Å². The number of hydrogen-bond donors (Lipinski definition) is 2. The van der Waals surface area contributed by atoms with Crippen LogP contribution in [0, 0.1) is 5.82 Å². The third-order valence-corrected chi connectivity index (χ3v) is 7.66. The normalized spacial score (nSPS) is 14.7. The molecule has 2 heterocycles. The molecule has 7 nitrogen and oxygen atoms in total. The van der Waals surface area contributed by atoms with Crippen LogP contribution in [0.15, 0.2) is 59.9 Å². The van der Waals surface area contributed by atoms with Gasteiger partial charge in [0, 0.05) is 17.8 Å². The second-order valence-corrected chi connectivity index (χ2v) is 10.2. The fraction of sp³-hybridized carbons (Fsp3) is 0.217. The van der Waals surface area contributed by atoms with Crippen molar-refractivity contribution in [3.63, 3.8) is 0 Å². The first-order valence-electron chi connectivity index (χ1n) is 10.5. The Morgan fingerprint density at radius 3 is 2.64 bits per heavy atom. The highest BCUT2D eigenvalue weighted by molar-refractivity contribution is 7.92. The summed E-state index contributed by atoms with van der Waals surface area (Å²) in [6, 6.07) is 10.1. The van der Waals surface area contributed by atoms with Crippen LogP contribution in [0.2, 0.25) is 5.02 Å². The first-order chi connectivity index (χ1) is 15.8. The van der Waals surface area contributed by atoms with Gasteiger partial charge in [-0.15, -0.1) is 0 Å². The number of nitrogens with zero attached hydrogens (tertiary/aromatic N) is 3. The average Bonchev–Trinajstić information content (AvgIpc) is 3.44. The molecule has 0 spiro atoms. The number of aromatic nitrogens is 3. The number of fused-ring (bicyclic) bond motifs is 1. The van der Waals surface area contributed by atoms with Gasteiger partial charge < -0.3 is 10.3 Å². The fourth-order valence-corrected chi connectivity index (χ4v) is 5.79. The SMILES string of the molecule is Nc1ncnc2c1c(-c1ccc(NS(=O)(=O)c3cccc(F)c3)c(Cl)c1)cn2C1CCCC1. The van der Waals surface area contributed by atoms with Gasteiger partial charge in [-0.25, -0.2) is 22.8 Å². The molecule has 0 aliphatic heterocycles. The van der Waals surface area contributed by atoms with Crippen LogP contribution in [-0.2, 0) is 10.0 Å². The molecule has 1 aliphatic carbocycles. The second kappa shape index (κ2) is 8.31. The molecule has 1 saturated carbocycles. The van der Waals surface area contributed by atoms with E-state index in [1.54, 1.807) is 18.2 Å². The first-order valence-corrected chi connectivity index (χ1v) is 12.4. The largest absolute Gasteiger partial charge is 0.383 e. The molecule has 0 saturated heterocycles. The molecule has 0 unspecified atom stereocenters. The maximum absolute atomic E-state index is 13.5. The van der Waals surface area contributed by atoms with E-state index in [1.165, 1.54) is 37.4 Å². The van der Waals surface area contributed by atoms with Gasteiger partial charge >= 0.3 is 0 Å². The van der Waals surface area contributed by atoms with Crippen molar-refractivity contribution in [3.8, 4) is 11.1 Å². The summed E-state index contributed by atoms with van der Waals surface area (Å²) in [6.45, 7) is 0. The van der Waals surface area contributed by atoms with Gasteiger partial charge in [0.05, 0.1) is 21.0 Å². The van der Waals surface area contributed by atoms with Crippen molar-refractivity contribution in [3.05, 3.63) is 65.8 Å². The van der Waals surface area contributed by atoms with E-state index in [9.17, 15) is 12.8 Å². The maximum atomic E-state index is 13.5. The smallest absolute Gasteiger partial charge is 0.262 e. The predicted octanol–water partition coefficient (Wildman–Crippen LogP) is 5.39. The van der Waals surface area contributed by atoms with Gasteiger partial charge in [-0.1, -0.05) is 36.6 Å². The zero-order valence-corrected chi connectivity index (χ0v) is 19.1. The number of nitrogen functional groups attached to an aromatic ring is 1. The van der Waals surface area contributed by atoms with Gasteiger partial charge in [-0.2, -0.15) is 0 Å². The van der Waals surface area contributed by atoms with Crippen LogP contribution < -0.4 is 10.5 Å². The Morgan fingerprint density at radius 2 is 1.91 bits per heavy atom. The van der Waals surface area contributed by atoms with E-state index >= 15 is 0 Å². The molecule has 10 heteroatoms. The number of sulfonamides is 1. The lowest BCUT2D eigenvalue weighted by molar-refractivity contribution is 0.532. The molecule has 170 valence electrons. The molecular formula is C23H21ClFN5O2S. The maximum Gasteiger partial charge on any atom is 0.262 e. The predicted molar refractivity (Wildman–Crippen MR) is 127 cm³/mol. The van der Waals surface area contributed by atoms with Crippen LogP contribution >= 0.6 is 11.6 Å². The fourth-order valence-electron chi connectivity index (χ4n) is 4.39. The molecule has 3 N–H and O–H groups in total. The standard InChI is InChI=1S/C23H21ClFN5O2S/c24-19-10-14(8-9-20(19)29-33(31,32)17-7-3-4-15(25)11-17)18-12-30(16-5-1-2-6-16)23-21(18)22(26)27-13-28-23/h3-4,7-13,16,29H,1-2,5-6H2,(H2,26,27,28). The highest BCUT2D eigenvalue weighted by atomic mass is 35.5. The Kier molecular flexibility index (Phi) is 5.46. The van der Waals surface area contributed by atoms with Gasteiger partial charge in [0.15, 0.2) is 0 Å². The summed E-state index contributed by atoms with van der Waals surface area (Å²) < 4.78 is 43.4. The third kappa shape index (κ3) is 4.02. The molecule has 5 rings (SSSR count). The summed E-state index contributed by atoms with van der Waals surface area (Å²) in [7, 11) is -4.00. The summed E-state index contributed by atoms with van der Waals surface area (Å²) in [6.07, 6.45) is 7.99. The highest BCUT2D eigenvalue weighted by Gasteiger charge is 2.23. The molecule has 0 radical (unpaired) electrons. The Balaban J connectivity index is 1.54. The van der Waals surface area contributed by atoms with Gasteiger partial charge in [-0.05, 0) is 48.7 Å². The van der Waals surface area contributed by atoms with Crippen molar-refractivity contribution in [1.29, 1.82) is 0 Å². The molecule has 1 aliphatic rings. The molecule has 0 atom stereocenters. The Labute approximate surface area is 195 Å². The van der Waals surface area contributed by atoms with Crippen molar-refractivity contribution in [2.45, 2.75) is 36.6 Å². The number of benzene rings is 2. The molecule has 0 amide bonds. The van der Waals surface area contributed by atoms with E-state index in [0.29, 0.717) is 11.9 Å². The monoisotopic (exact) mass is 485 g/mol. The van der Waals surface area contributed by atoms with Crippen LogP contribution in [0.25, 0.3) is 22.2 Å². The third-order valence-electron chi connectivity index (χ3n) is 5.99. The zero-order valence-electron chi connectivity index (χ0n) is 17.5. The Hall–Kier alpha value is -3.17. The lowest BCUT2D eigenvalue weighted by atomic mass is 10.1. The van der Waals surface area contributed by atoms with Crippen molar-refractivity contribution in [2.75, 3.05) is 10.5 Å². The van der Waals surface area contributed by atoms with E-state index in [0.717, 1.165) is 41.1 Å². The lowest BCUT2D eigenvalue weighted by Gasteiger charge is -2.12.